The van der Waals surface area contributed by atoms with Crippen molar-refractivity contribution in [1.29, 1.82) is 0 Å². The lowest BCUT2D eigenvalue weighted by Gasteiger charge is -2.08. The van der Waals surface area contributed by atoms with Crippen LogP contribution < -0.4 is 0 Å². The summed E-state index contributed by atoms with van der Waals surface area (Å²) < 4.78 is 38.9. The van der Waals surface area contributed by atoms with Crippen LogP contribution in [-0.2, 0) is 18.6 Å². The molecule has 1 aromatic carbocycles. The van der Waals surface area contributed by atoms with E-state index >= 15 is 0 Å². The minimum atomic E-state index is -4.36. The van der Waals surface area contributed by atoms with E-state index in [9.17, 15) is 13.2 Å². The molecule has 0 N–H and O–H groups in total. The highest BCUT2D eigenvalue weighted by atomic mass is 35.5. The molecule has 0 unspecified atom stereocenters. The number of aromatic nitrogens is 4. The summed E-state index contributed by atoms with van der Waals surface area (Å²) in [5, 5.41) is 10.7. The van der Waals surface area contributed by atoms with Crippen LogP contribution in [0.2, 0.25) is 0 Å². The molecule has 2 aromatic rings. The molecule has 0 saturated heterocycles. The Morgan fingerprint density at radius 3 is 2.72 bits per heavy atom. The Morgan fingerprint density at radius 2 is 2.06 bits per heavy atom. The van der Waals surface area contributed by atoms with Gasteiger partial charge in [0.2, 0.25) is 0 Å². The molecule has 0 aliphatic heterocycles. The first-order valence-corrected chi connectivity index (χ1v) is 5.51. The van der Waals surface area contributed by atoms with Gasteiger partial charge in [0.05, 0.1) is 18.0 Å². The largest absolute Gasteiger partial charge is 0.416 e. The van der Waals surface area contributed by atoms with Crippen LogP contribution in [0.25, 0.3) is 0 Å². The van der Waals surface area contributed by atoms with Crippen LogP contribution in [0.5, 0.6) is 0 Å². The predicted molar refractivity (Wildman–Crippen MR) is 57.9 cm³/mol. The number of alkyl halides is 4. The Bertz CT molecular complexity index is 538. The first kappa shape index (κ1) is 12.8. The van der Waals surface area contributed by atoms with Crippen molar-refractivity contribution in [2.24, 2.45) is 0 Å². The van der Waals surface area contributed by atoms with Crippen LogP contribution in [0.4, 0.5) is 13.2 Å². The maximum Gasteiger partial charge on any atom is 0.416 e. The van der Waals surface area contributed by atoms with Crippen molar-refractivity contribution in [3.8, 4) is 0 Å². The maximum atomic E-state index is 12.5. The van der Waals surface area contributed by atoms with E-state index in [0.29, 0.717) is 11.4 Å². The first-order chi connectivity index (χ1) is 8.50. The average molecular weight is 277 g/mol. The molecule has 0 spiro atoms. The van der Waals surface area contributed by atoms with Gasteiger partial charge >= 0.3 is 6.18 Å². The highest BCUT2D eigenvalue weighted by molar-refractivity contribution is 6.16. The van der Waals surface area contributed by atoms with E-state index in [1.165, 1.54) is 10.7 Å². The van der Waals surface area contributed by atoms with Crippen LogP contribution in [-0.4, -0.2) is 20.2 Å². The molecule has 1 aromatic heterocycles. The molecule has 1 heterocycles. The van der Waals surface area contributed by atoms with Crippen molar-refractivity contribution >= 4 is 11.6 Å². The number of hydrogen-bond acceptors (Lipinski definition) is 3. The monoisotopic (exact) mass is 276 g/mol. The summed E-state index contributed by atoms with van der Waals surface area (Å²) in [7, 11) is 0. The fourth-order valence-corrected chi connectivity index (χ4v) is 1.65. The molecule has 0 aliphatic rings. The number of benzene rings is 1. The van der Waals surface area contributed by atoms with E-state index in [1.807, 2.05) is 0 Å². The fourth-order valence-electron chi connectivity index (χ4n) is 1.46. The Balaban J connectivity index is 2.25. The summed E-state index contributed by atoms with van der Waals surface area (Å²) >= 11 is 5.60. The lowest BCUT2D eigenvalue weighted by Crippen LogP contribution is -2.09. The topological polar surface area (TPSA) is 43.6 Å². The SMILES string of the molecule is FC(F)(F)c1cccc(Cn2nnnc2CCl)c1. The third-order valence-corrected chi connectivity index (χ3v) is 2.55. The first-order valence-electron chi connectivity index (χ1n) is 4.98. The van der Waals surface area contributed by atoms with E-state index in [1.54, 1.807) is 6.07 Å². The number of rotatable bonds is 3. The Morgan fingerprint density at radius 1 is 1.28 bits per heavy atom. The molecular formula is C10H8ClF3N4. The third-order valence-electron chi connectivity index (χ3n) is 2.31. The second-order valence-corrected chi connectivity index (χ2v) is 3.85. The number of tetrazole rings is 1. The number of nitrogens with zero attached hydrogens (tertiary/aromatic N) is 4. The standard InChI is InChI=1S/C10H8ClF3N4/c11-5-9-15-16-17-18(9)6-7-2-1-3-8(4-7)10(12,13)14/h1-4H,5-6H2. The summed E-state index contributed by atoms with van der Waals surface area (Å²) in [6.07, 6.45) is -4.36. The van der Waals surface area contributed by atoms with E-state index in [4.69, 9.17) is 11.6 Å². The van der Waals surface area contributed by atoms with Gasteiger partial charge in [0.25, 0.3) is 0 Å². The van der Waals surface area contributed by atoms with E-state index < -0.39 is 11.7 Å². The summed E-state index contributed by atoms with van der Waals surface area (Å²) in [5.41, 5.74) is -0.232. The van der Waals surface area contributed by atoms with Gasteiger partial charge in [-0.25, -0.2) is 4.68 Å². The number of hydrogen-bond donors (Lipinski definition) is 0. The van der Waals surface area contributed by atoms with E-state index in [0.717, 1.165) is 12.1 Å². The minimum Gasteiger partial charge on any atom is -0.224 e. The van der Waals surface area contributed by atoms with Gasteiger partial charge in [-0.1, -0.05) is 12.1 Å². The quantitative estimate of drug-likeness (QED) is 0.809. The minimum absolute atomic E-state index is 0.103. The molecule has 8 heteroatoms. The highest BCUT2D eigenvalue weighted by Crippen LogP contribution is 2.29. The molecule has 96 valence electrons. The Kier molecular flexibility index (Phi) is 3.51. The summed E-state index contributed by atoms with van der Waals surface area (Å²) in [5.74, 6) is 0.514. The van der Waals surface area contributed by atoms with Crippen molar-refractivity contribution in [2.75, 3.05) is 0 Å². The van der Waals surface area contributed by atoms with Gasteiger partial charge in [-0.3, -0.25) is 0 Å². The molecule has 0 atom stereocenters. The predicted octanol–water partition coefficient (Wildman–Crippen LogP) is 2.48. The summed E-state index contributed by atoms with van der Waals surface area (Å²) in [6, 6.07) is 5.02. The van der Waals surface area contributed by atoms with E-state index in [2.05, 4.69) is 15.5 Å². The zero-order valence-electron chi connectivity index (χ0n) is 9.02. The van der Waals surface area contributed by atoms with Crippen LogP contribution in [0, 0.1) is 0 Å². The van der Waals surface area contributed by atoms with Gasteiger partial charge in [-0.2, -0.15) is 13.2 Å². The Hall–Kier alpha value is -1.63. The van der Waals surface area contributed by atoms with Crippen LogP contribution in [0.3, 0.4) is 0 Å². The molecule has 18 heavy (non-hydrogen) atoms. The zero-order valence-corrected chi connectivity index (χ0v) is 9.78. The van der Waals surface area contributed by atoms with Crippen molar-refractivity contribution in [2.45, 2.75) is 18.6 Å². The smallest absolute Gasteiger partial charge is 0.224 e. The molecular weight excluding hydrogens is 269 g/mol. The normalized spacial score (nSPS) is 11.8. The highest BCUT2D eigenvalue weighted by Gasteiger charge is 2.30. The molecule has 0 saturated carbocycles. The van der Waals surface area contributed by atoms with E-state index in [-0.39, 0.29) is 12.4 Å². The maximum absolute atomic E-state index is 12.5. The molecule has 0 bridgehead atoms. The molecule has 0 fully saturated rings. The van der Waals surface area contributed by atoms with Gasteiger partial charge in [-0.15, -0.1) is 16.7 Å². The average Bonchev–Trinajstić information content (AvgIpc) is 2.75. The van der Waals surface area contributed by atoms with Crippen LogP contribution in [0.1, 0.15) is 17.0 Å². The van der Waals surface area contributed by atoms with Crippen molar-refractivity contribution in [3.63, 3.8) is 0 Å². The van der Waals surface area contributed by atoms with Crippen LogP contribution in [0.15, 0.2) is 24.3 Å². The lowest BCUT2D eigenvalue weighted by molar-refractivity contribution is -0.137. The zero-order chi connectivity index (χ0) is 13.2. The fraction of sp³-hybridized carbons (Fsp3) is 0.300. The Labute approximate surface area is 105 Å². The summed E-state index contributed by atoms with van der Waals surface area (Å²) in [4.78, 5) is 0. The van der Waals surface area contributed by atoms with Gasteiger partial charge in [-0.05, 0) is 28.1 Å². The third kappa shape index (κ3) is 2.79. The molecule has 4 nitrogen and oxygen atoms in total. The second kappa shape index (κ2) is 4.93. The lowest BCUT2D eigenvalue weighted by atomic mass is 10.1. The van der Waals surface area contributed by atoms with Crippen LogP contribution >= 0.6 is 11.6 Å². The molecule has 0 amide bonds. The van der Waals surface area contributed by atoms with Gasteiger partial charge < -0.3 is 0 Å². The van der Waals surface area contributed by atoms with Gasteiger partial charge in [0.1, 0.15) is 0 Å². The molecule has 2 rings (SSSR count). The van der Waals surface area contributed by atoms with Gasteiger partial charge in [0.15, 0.2) is 5.82 Å². The van der Waals surface area contributed by atoms with Gasteiger partial charge in [0, 0.05) is 0 Å². The van der Waals surface area contributed by atoms with Crippen molar-refractivity contribution in [3.05, 3.63) is 41.2 Å². The van der Waals surface area contributed by atoms with Crippen molar-refractivity contribution < 1.29 is 13.2 Å². The number of halogens is 4. The van der Waals surface area contributed by atoms with Crippen molar-refractivity contribution in [1.82, 2.24) is 20.2 Å². The summed E-state index contributed by atoms with van der Waals surface area (Å²) in [6.45, 7) is 0.152. The molecule has 0 radical (unpaired) electrons. The second-order valence-electron chi connectivity index (χ2n) is 3.58. The molecule has 0 aliphatic carbocycles.